The van der Waals surface area contributed by atoms with Crippen LogP contribution in [0.4, 0.5) is 4.39 Å². The summed E-state index contributed by atoms with van der Waals surface area (Å²) < 4.78 is 33.1. The summed E-state index contributed by atoms with van der Waals surface area (Å²) in [5.74, 6) is -0.226. The number of allylic oxidation sites excluding steroid dienone is 1. The van der Waals surface area contributed by atoms with Crippen molar-refractivity contribution in [2.75, 3.05) is 5.75 Å². The minimum absolute atomic E-state index is 0.0463. The van der Waals surface area contributed by atoms with Crippen LogP contribution in [0.5, 0.6) is 0 Å². The fourth-order valence-electron chi connectivity index (χ4n) is 1.04. The van der Waals surface area contributed by atoms with Crippen molar-refractivity contribution in [3.05, 3.63) is 47.8 Å². The van der Waals surface area contributed by atoms with Gasteiger partial charge < -0.3 is 0 Å². The molecule has 0 saturated carbocycles. The van der Waals surface area contributed by atoms with Gasteiger partial charge in [0.1, 0.15) is 16.5 Å². The number of thiol groups is 1. The zero-order valence-corrected chi connectivity index (χ0v) is 8.41. The van der Waals surface area contributed by atoms with Gasteiger partial charge in [0.2, 0.25) is 0 Å². The fourth-order valence-corrected chi connectivity index (χ4v) is 1.37. The van der Waals surface area contributed by atoms with Crippen LogP contribution < -0.4 is 0 Å². The summed E-state index contributed by atoms with van der Waals surface area (Å²) in [6.07, 6.45) is 3.84. The first-order valence-electron chi connectivity index (χ1n) is 4.20. The van der Waals surface area contributed by atoms with Crippen LogP contribution in [0.25, 0.3) is 0 Å². The minimum Gasteiger partial charge on any atom is -0.232 e. The Kier molecular flexibility index (Phi) is 4.32. The Morgan fingerprint density at radius 2 is 2.07 bits per heavy atom. The highest BCUT2D eigenvalue weighted by molar-refractivity contribution is 7.72. The van der Waals surface area contributed by atoms with Crippen molar-refractivity contribution in [3.8, 4) is 0 Å². The molecule has 0 aliphatic carbocycles. The molecule has 4 heteroatoms. The van der Waals surface area contributed by atoms with Gasteiger partial charge >= 0.3 is 0 Å². The van der Waals surface area contributed by atoms with Crippen LogP contribution in [0.15, 0.2) is 36.4 Å². The number of halogens is 1. The molecule has 0 amide bonds. The first kappa shape index (κ1) is 10.9. The number of rotatable bonds is 4. The van der Waals surface area contributed by atoms with Gasteiger partial charge in [-0.3, -0.25) is 0 Å². The van der Waals surface area contributed by atoms with Crippen LogP contribution >= 0.6 is 0 Å². The lowest BCUT2D eigenvalue weighted by atomic mass is 10.1. The lowest BCUT2D eigenvalue weighted by Gasteiger charge is -1.95. The zero-order chi connectivity index (χ0) is 10.4. The summed E-state index contributed by atoms with van der Waals surface area (Å²) in [5, 5.41) is 0. The average molecular weight is 214 g/mol. The summed E-state index contributed by atoms with van der Waals surface area (Å²) in [4.78, 5) is 0. The number of benzene rings is 1. The molecular weight excluding hydrogens is 203 g/mol. The molecule has 1 rings (SSSR count). The quantitative estimate of drug-likeness (QED) is 0.609. The van der Waals surface area contributed by atoms with E-state index in [0.29, 0.717) is 6.42 Å². The second-order valence-electron chi connectivity index (χ2n) is 2.82. The fraction of sp³-hybridized carbons (Fsp3) is 0.200. The SMILES string of the molecule is O=[SH](=O)C/C=C/Cc1cccc(F)c1. The topological polar surface area (TPSA) is 34.1 Å². The standard InChI is InChI=1S/C10H11FO2S/c11-10-6-3-5-9(8-10)4-1-2-7-14(12)13/h1-3,5-6,8,14H,4,7H2/b2-1+. The highest BCUT2D eigenvalue weighted by Gasteiger charge is 1.91. The molecule has 0 aliphatic heterocycles. The van der Waals surface area contributed by atoms with Crippen LogP contribution in [0.1, 0.15) is 5.56 Å². The van der Waals surface area contributed by atoms with E-state index in [-0.39, 0.29) is 11.6 Å². The van der Waals surface area contributed by atoms with Crippen molar-refractivity contribution in [2.24, 2.45) is 0 Å². The van der Waals surface area contributed by atoms with Gasteiger partial charge in [0.15, 0.2) is 0 Å². The molecular formula is C10H11FO2S. The molecule has 0 saturated heterocycles. The van der Waals surface area contributed by atoms with E-state index in [1.165, 1.54) is 12.1 Å². The van der Waals surface area contributed by atoms with E-state index in [1.54, 1.807) is 24.3 Å². The third-order valence-electron chi connectivity index (χ3n) is 1.66. The maximum atomic E-state index is 12.7. The van der Waals surface area contributed by atoms with Gasteiger partial charge in [-0.05, 0) is 24.1 Å². The maximum absolute atomic E-state index is 12.7. The van der Waals surface area contributed by atoms with Gasteiger partial charge in [-0.25, -0.2) is 12.8 Å². The van der Waals surface area contributed by atoms with Gasteiger partial charge in [-0.15, -0.1) is 0 Å². The lowest BCUT2D eigenvalue weighted by Crippen LogP contribution is -1.84. The normalized spacial score (nSPS) is 11.3. The molecule has 76 valence electrons. The van der Waals surface area contributed by atoms with Crippen molar-refractivity contribution in [1.29, 1.82) is 0 Å². The molecule has 0 aromatic heterocycles. The van der Waals surface area contributed by atoms with Gasteiger partial charge in [0, 0.05) is 0 Å². The third kappa shape index (κ3) is 4.18. The number of hydrogen-bond acceptors (Lipinski definition) is 2. The zero-order valence-electron chi connectivity index (χ0n) is 7.52. The Hall–Kier alpha value is -1.16. The molecule has 0 unspecified atom stereocenters. The van der Waals surface area contributed by atoms with Crippen molar-refractivity contribution >= 4 is 10.7 Å². The minimum atomic E-state index is -2.35. The average Bonchev–Trinajstić information content (AvgIpc) is 2.12. The Labute approximate surface area is 84.0 Å². The summed E-state index contributed by atoms with van der Waals surface area (Å²) in [7, 11) is -2.35. The van der Waals surface area contributed by atoms with E-state index in [1.807, 2.05) is 0 Å². The summed E-state index contributed by atoms with van der Waals surface area (Å²) >= 11 is 0. The molecule has 1 aromatic rings. The Bertz CT molecular complexity index is 389. The largest absolute Gasteiger partial charge is 0.232 e. The smallest absolute Gasteiger partial charge is 0.143 e. The van der Waals surface area contributed by atoms with E-state index >= 15 is 0 Å². The Morgan fingerprint density at radius 1 is 1.29 bits per heavy atom. The van der Waals surface area contributed by atoms with Gasteiger partial charge in [0.05, 0.1) is 5.75 Å². The summed E-state index contributed by atoms with van der Waals surface area (Å²) in [6.45, 7) is 0. The molecule has 0 aliphatic rings. The molecule has 0 heterocycles. The Morgan fingerprint density at radius 3 is 2.71 bits per heavy atom. The molecule has 1 aromatic carbocycles. The molecule has 0 fully saturated rings. The van der Waals surface area contributed by atoms with Crippen molar-refractivity contribution in [2.45, 2.75) is 6.42 Å². The first-order chi connectivity index (χ1) is 6.68. The molecule has 0 radical (unpaired) electrons. The first-order valence-corrected chi connectivity index (χ1v) is 5.56. The monoisotopic (exact) mass is 214 g/mol. The van der Waals surface area contributed by atoms with Crippen molar-refractivity contribution in [1.82, 2.24) is 0 Å². The second-order valence-corrected chi connectivity index (χ2v) is 3.85. The van der Waals surface area contributed by atoms with Crippen LogP contribution in [0.2, 0.25) is 0 Å². The van der Waals surface area contributed by atoms with Crippen LogP contribution in [0.3, 0.4) is 0 Å². The summed E-state index contributed by atoms with van der Waals surface area (Å²) in [5.41, 5.74) is 0.836. The van der Waals surface area contributed by atoms with E-state index in [9.17, 15) is 12.8 Å². The number of hydrogen-bond donors (Lipinski definition) is 1. The third-order valence-corrected chi connectivity index (χ3v) is 2.17. The Balaban J connectivity index is 2.49. The van der Waals surface area contributed by atoms with Crippen molar-refractivity contribution < 1.29 is 12.8 Å². The highest BCUT2D eigenvalue weighted by atomic mass is 32.2. The molecule has 0 atom stereocenters. The van der Waals surface area contributed by atoms with Gasteiger partial charge in [-0.2, -0.15) is 0 Å². The van der Waals surface area contributed by atoms with Crippen LogP contribution in [0, 0.1) is 5.82 Å². The molecule has 0 spiro atoms. The molecule has 0 N–H and O–H groups in total. The van der Waals surface area contributed by atoms with Crippen molar-refractivity contribution in [3.63, 3.8) is 0 Å². The highest BCUT2D eigenvalue weighted by Crippen LogP contribution is 2.04. The van der Waals surface area contributed by atoms with E-state index < -0.39 is 10.7 Å². The van der Waals surface area contributed by atoms with Crippen LogP contribution in [-0.4, -0.2) is 14.2 Å². The lowest BCUT2D eigenvalue weighted by molar-refractivity contribution is 0.617. The second kappa shape index (κ2) is 5.54. The molecule has 2 nitrogen and oxygen atoms in total. The van der Waals surface area contributed by atoms with E-state index in [4.69, 9.17) is 0 Å². The van der Waals surface area contributed by atoms with Gasteiger partial charge in [-0.1, -0.05) is 24.3 Å². The maximum Gasteiger partial charge on any atom is 0.143 e. The summed E-state index contributed by atoms with van der Waals surface area (Å²) in [6, 6.07) is 6.24. The predicted octanol–water partition coefficient (Wildman–Crippen LogP) is 1.54. The van der Waals surface area contributed by atoms with Gasteiger partial charge in [0.25, 0.3) is 0 Å². The molecule has 0 bridgehead atoms. The van der Waals surface area contributed by atoms with E-state index in [2.05, 4.69) is 0 Å². The van der Waals surface area contributed by atoms with E-state index in [0.717, 1.165) is 5.56 Å². The molecule has 14 heavy (non-hydrogen) atoms. The van der Waals surface area contributed by atoms with Crippen LogP contribution in [-0.2, 0) is 17.1 Å². The predicted molar refractivity (Wildman–Crippen MR) is 54.4 cm³/mol.